The molecule has 2 N–H and O–H groups in total. The average Bonchev–Trinajstić information content (AvgIpc) is 2.81. The zero-order valence-corrected chi connectivity index (χ0v) is 21.5. The molecule has 0 saturated heterocycles. The summed E-state index contributed by atoms with van der Waals surface area (Å²) in [4.78, 5) is 42.5. The molecule has 0 aliphatic rings. The van der Waals surface area contributed by atoms with Gasteiger partial charge < -0.3 is 24.4 Å². The van der Waals surface area contributed by atoms with Gasteiger partial charge in [0.1, 0.15) is 19.8 Å². The van der Waals surface area contributed by atoms with Crippen molar-refractivity contribution < 1.29 is 43.6 Å². The summed E-state index contributed by atoms with van der Waals surface area (Å²) in [5, 5.41) is 16.4. The number of allylic oxidation sites excluding steroid dienone is 4. The third kappa shape index (κ3) is 33.1. The van der Waals surface area contributed by atoms with Gasteiger partial charge in [-0.2, -0.15) is 0 Å². The van der Waals surface area contributed by atoms with Gasteiger partial charge in [0.05, 0.1) is 6.61 Å². The minimum Gasteiger partial charge on any atom is -0.481 e. The van der Waals surface area contributed by atoms with Crippen LogP contribution in [-0.2, 0) is 33.4 Å². The van der Waals surface area contributed by atoms with Crippen LogP contribution in [0.4, 0.5) is 0 Å². The number of aliphatic carboxylic acids is 1. The third-order valence-corrected chi connectivity index (χ3v) is 3.45. The van der Waals surface area contributed by atoms with Crippen molar-refractivity contribution in [3.05, 3.63) is 48.6 Å². The minimum atomic E-state index is -0.726. The Morgan fingerprint density at radius 1 is 0.714 bits per heavy atom. The highest BCUT2D eigenvalue weighted by atomic mass is 16.6. The summed E-state index contributed by atoms with van der Waals surface area (Å²) < 4.78 is 14.1. The van der Waals surface area contributed by atoms with E-state index < -0.39 is 17.9 Å². The predicted octanol–water partition coefficient (Wildman–Crippen LogP) is 4.31. The molecule has 0 aliphatic carbocycles. The van der Waals surface area contributed by atoms with E-state index >= 15 is 0 Å². The molecule has 0 bridgehead atoms. The monoisotopic (exact) mass is 498 g/mol. The van der Waals surface area contributed by atoms with E-state index in [1.807, 2.05) is 38.2 Å². The third-order valence-electron chi connectivity index (χ3n) is 3.45. The number of hydrogen-bond acceptors (Lipinski definition) is 8. The van der Waals surface area contributed by atoms with E-state index in [1.165, 1.54) is 0 Å². The second-order valence-electron chi connectivity index (χ2n) is 7.01. The first-order chi connectivity index (χ1) is 16.5. The number of carbonyl (C=O) groups excluding carboxylic acids is 3. The van der Waals surface area contributed by atoms with Crippen molar-refractivity contribution in [1.29, 1.82) is 0 Å². The maximum atomic E-state index is 11.2. The highest BCUT2D eigenvalue weighted by molar-refractivity contribution is 5.87. The Morgan fingerprint density at radius 2 is 1.14 bits per heavy atom. The number of esters is 3. The molecule has 0 fully saturated rings. The van der Waals surface area contributed by atoms with Crippen molar-refractivity contribution in [3.63, 3.8) is 0 Å². The number of carboxylic acids is 1. The zero-order valence-electron chi connectivity index (χ0n) is 21.5. The predicted molar refractivity (Wildman–Crippen MR) is 135 cm³/mol. The molecule has 200 valence electrons. The molecule has 0 unspecified atom stereocenters. The van der Waals surface area contributed by atoms with Crippen LogP contribution >= 0.6 is 0 Å². The second kappa shape index (κ2) is 27.0. The van der Waals surface area contributed by atoms with Gasteiger partial charge in [0, 0.05) is 24.0 Å². The Hall–Kier alpha value is -3.20. The summed E-state index contributed by atoms with van der Waals surface area (Å²) in [6, 6.07) is 0. The SMILES string of the molecule is C=C(C)C(=O)OCCO.C=C(C)C(=O)OCCOC(=O)CC/C=C\CC.CC/C=C\CCC(=O)O. The molecule has 0 rings (SSSR count). The Bertz CT molecular complexity index is 691. The molecule has 0 atom stereocenters. The van der Waals surface area contributed by atoms with Crippen molar-refractivity contribution >= 4 is 23.9 Å². The molecule has 0 aromatic rings. The molecule has 0 spiro atoms. The quantitative estimate of drug-likeness (QED) is 0.111. The molecular weight excluding hydrogens is 456 g/mol. The van der Waals surface area contributed by atoms with Crippen LogP contribution < -0.4 is 0 Å². The van der Waals surface area contributed by atoms with Gasteiger partial charge in [-0.15, -0.1) is 0 Å². The van der Waals surface area contributed by atoms with Crippen LogP contribution in [0.3, 0.4) is 0 Å². The molecule has 0 aromatic carbocycles. The molecule has 0 aromatic heterocycles. The van der Waals surface area contributed by atoms with Gasteiger partial charge in [-0.25, -0.2) is 9.59 Å². The highest BCUT2D eigenvalue weighted by Gasteiger charge is 2.04. The van der Waals surface area contributed by atoms with E-state index in [-0.39, 0.29) is 38.8 Å². The van der Waals surface area contributed by atoms with Crippen LogP contribution in [0.15, 0.2) is 48.6 Å². The number of carbonyl (C=O) groups is 4. The van der Waals surface area contributed by atoms with Crippen LogP contribution in [0.2, 0.25) is 0 Å². The lowest BCUT2D eigenvalue weighted by Crippen LogP contribution is -2.13. The second-order valence-corrected chi connectivity index (χ2v) is 7.01. The first kappa shape index (κ1) is 36.4. The summed E-state index contributed by atoms with van der Waals surface area (Å²) in [5.74, 6) is -1.93. The molecule has 0 amide bonds. The smallest absolute Gasteiger partial charge is 0.333 e. The van der Waals surface area contributed by atoms with Gasteiger partial charge in [0.2, 0.25) is 0 Å². The Balaban J connectivity index is -0.000000481. The number of ether oxygens (including phenoxy) is 3. The molecule has 0 saturated carbocycles. The summed E-state index contributed by atoms with van der Waals surface area (Å²) >= 11 is 0. The van der Waals surface area contributed by atoms with Crippen LogP contribution in [0, 0.1) is 0 Å². The number of rotatable bonds is 15. The van der Waals surface area contributed by atoms with Crippen molar-refractivity contribution in [3.8, 4) is 0 Å². The summed E-state index contributed by atoms with van der Waals surface area (Å²) in [6.07, 6.45) is 11.7. The van der Waals surface area contributed by atoms with E-state index in [0.717, 1.165) is 12.8 Å². The van der Waals surface area contributed by atoms with E-state index in [2.05, 4.69) is 17.9 Å². The average molecular weight is 499 g/mol. The van der Waals surface area contributed by atoms with Crippen molar-refractivity contribution in [1.82, 2.24) is 0 Å². The number of aliphatic hydroxyl groups is 1. The first-order valence-corrected chi connectivity index (χ1v) is 11.5. The van der Waals surface area contributed by atoms with E-state index in [9.17, 15) is 19.2 Å². The number of aliphatic hydroxyl groups excluding tert-OH is 1. The van der Waals surface area contributed by atoms with Gasteiger partial charge in [-0.3, -0.25) is 9.59 Å². The molecule has 9 nitrogen and oxygen atoms in total. The molecule has 35 heavy (non-hydrogen) atoms. The van der Waals surface area contributed by atoms with E-state index in [0.29, 0.717) is 30.4 Å². The van der Waals surface area contributed by atoms with Crippen LogP contribution in [0.5, 0.6) is 0 Å². The zero-order chi connectivity index (χ0) is 27.5. The molecule has 0 aliphatic heterocycles. The largest absolute Gasteiger partial charge is 0.481 e. The Kier molecular flexibility index (Phi) is 28.1. The number of carboxylic acid groups (broad SMARTS) is 1. The Morgan fingerprint density at radius 3 is 1.54 bits per heavy atom. The standard InChI is InChI=1S/C13H20O4.C7H12O2.C6H10O3/c1-4-5-6-7-8-12(14)16-9-10-17-13(15)11(2)3;1-2-3-4-5-6-7(8)9;1-5(2)6(8)9-4-3-7/h5-6H,2,4,7-10H2,1,3H3;3-4H,2,5-6H2,1H3,(H,8,9);7H,1,3-4H2,2H3/b6-5-;4-3-;. The van der Waals surface area contributed by atoms with Gasteiger partial charge in [0.15, 0.2) is 0 Å². The topological polar surface area (TPSA) is 136 Å². The molecule has 0 heterocycles. The van der Waals surface area contributed by atoms with Crippen molar-refractivity contribution in [2.75, 3.05) is 26.4 Å². The first-order valence-electron chi connectivity index (χ1n) is 11.5. The maximum Gasteiger partial charge on any atom is 0.333 e. The molecular formula is C26H42O9. The maximum absolute atomic E-state index is 11.2. The fourth-order valence-electron chi connectivity index (χ4n) is 1.72. The fraction of sp³-hybridized carbons (Fsp3) is 0.538. The van der Waals surface area contributed by atoms with Gasteiger partial charge in [-0.05, 0) is 39.5 Å². The normalized spacial score (nSPS) is 9.86. The van der Waals surface area contributed by atoms with E-state index in [1.54, 1.807) is 13.8 Å². The summed E-state index contributed by atoms with van der Waals surface area (Å²) in [6.45, 7) is 14.0. The lowest BCUT2D eigenvalue weighted by atomic mass is 10.3. The summed E-state index contributed by atoms with van der Waals surface area (Å²) in [5.41, 5.74) is 0.685. The van der Waals surface area contributed by atoms with Crippen LogP contribution in [0.25, 0.3) is 0 Å². The van der Waals surface area contributed by atoms with Crippen LogP contribution in [0.1, 0.15) is 66.2 Å². The fourth-order valence-corrected chi connectivity index (χ4v) is 1.72. The van der Waals surface area contributed by atoms with Crippen molar-refractivity contribution in [2.45, 2.75) is 66.2 Å². The molecule has 9 heteroatoms. The lowest BCUT2D eigenvalue weighted by molar-refractivity contribution is -0.150. The minimum absolute atomic E-state index is 0.0473. The highest BCUT2D eigenvalue weighted by Crippen LogP contribution is 1.97. The van der Waals surface area contributed by atoms with Crippen LogP contribution in [-0.4, -0.2) is 60.5 Å². The molecule has 0 radical (unpaired) electrons. The van der Waals surface area contributed by atoms with Gasteiger partial charge in [-0.1, -0.05) is 51.3 Å². The van der Waals surface area contributed by atoms with Gasteiger partial charge in [0.25, 0.3) is 0 Å². The van der Waals surface area contributed by atoms with Gasteiger partial charge >= 0.3 is 23.9 Å². The van der Waals surface area contributed by atoms with Crippen molar-refractivity contribution in [2.24, 2.45) is 0 Å². The number of hydrogen-bond donors (Lipinski definition) is 2. The summed E-state index contributed by atoms with van der Waals surface area (Å²) in [7, 11) is 0. The van der Waals surface area contributed by atoms with E-state index in [4.69, 9.17) is 19.7 Å². The lowest BCUT2D eigenvalue weighted by Gasteiger charge is -2.05. The Labute approximate surface area is 209 Å².